The minimum Gasteiger partial charge on any atom is -0.314 e. The number of carbonyl (C=O) groups is 1. The normalized spacial score (nSPS) is 12.0. The van der Waals surface area contributed by atoms with Crippen molar-refractivity contribution in [2.45, 2.75) is 26.8 Å². The van der Waals surface area contributed by atoms with E-state index in [2.05, 4.69) is 4.99 Å². The molecular formula is C18H17FN2OS. The van der Waals surface area contributed by atoms with Crippen LogP contribution in [0.5, 0.6) is 0 Å². The summed E-state index contributed by atoms with van der Waals surface area (Å²) in [5.74, 6) is -0.581. The highest BCUT2D eigenvalue weighted by Gasteiger charge is 2.12. The summed E-state index contributed by atoms with van der Waals surface area (Å²) >= 11 is 1.34. The summed E-state index contributed by atoms with van der Waals surface area (Å²) in [4.78, 5) is 17.2. The van der Waals surface area contributed by atoms with E-state index in [4.69, 9.17) is 0 Å². The van der Waals surface area contributed by atoms with Gasteiger partial charge in [0, 0.05) is 12.1 Å². The SMILES string of the molecule is CCCn1c(=NC(=O)c2cccc(C)c2)sc2cccc(F)c21. The summed E-state index contributed by atoms with van der Waals surface area (Å²) in [6, 6.07) is 12.3. The van der Waals surface area contributed by atoms with E-state index in [0.717, 1.165) is 16.7 Å². The molecule has 0 saturated carbocycles. The molecule has 3 nitrogen and oxygen atoms in total. The molecule has 3 rings (SSSR count). The zero-order valence-electron chi connectivity index (χ0n) is 13.0. The number of hydrogen-bond acceptors (Lipinski definition) is 2. The van der Waals surface area contributed by atoms with Gasteiger partial charge in [-0.1, -0.05) is 42.0 Å². The maximum Gasteiger partial charge on any atom is 0.279 e. The van der Waals surface area contributed by atoms with Crippen LogP contribution >= 0.6 is 11.3 Å². The largest absolute Gasteiger partial charge is 0.314 e. The van der Waals surface area contributed by atoms with Crippen LogP contribution in [0.25, 0.3) is 10.2 Å². The van der Waals surface area contributed by atoms with Crippen LogP contribution < -0.4 is 4.80 Å². The van der Waals surface area contributed by atoms with E-state index in [1.807, 2.05) is 38.1 Å². The Morgan fingerprint density at radius 3 is 2.78 bits per heavy atom. The second-order valence-corrected chi connectivity index (χ2v) is 6.42. The third-order valence-corrected chi connectivity index (χ3v) is 4.60. The molecule has 1 aromatic heterocycles. The molecule has 3 aromatic rings. The first-order chi connectivity index (χ1) is 11.1. The fourth-order valence-corrected chi connectivity index (χ4v) is 3.60. The average molecular weight is 328 g/mol. The number of nitrogens with zero attached hydrogens (tertiary/aromatic N) is 2. The average Bonchev–Trinajstić information content (AvgIpc) is 2.86. The molecule has 118 valence electrons. The molecule has 1 heterocycles. The Balaban J connectivity index is 2.17. The van der Waals surface area contributed by atoms with E-state index in [9.17, 15) is 9.18 Å². The molecule has 1 amide bonds. The Hall–Kier alpha value is -2.27. The molecule has 0 radical (unpaired) electrons. The van der Waals surface area contributed by atoms with Gasteiger partial charge in [0.2, 0.25) is 0 Å². The molecule has 0 aliphatic rings. The fourth-order valence-electron chi connectivity index (χ4n) is 2.53. The molecule has 0 unspecified atom stereocenters. The molecule has 0 saturated heterocycles. The summed E-state index contributed by atoms with van der Waals surface area (Å²) < 4.78 is 16.8. The number of aryl methyl sites for hydroxylation is 2. The fraction of sp³-hybridized carbons (Fsp3) is 0.222. The summed E-state index contributed by atoms with van der Waals surface area (Å²) in [6.45, 7) is 4.58. The first-order valence-electron chi connectivity index (χ1n) is 7.53. The number of aromatic nitrogens is 1. The predicted octanol–water partition coefficient (Wildman–Crippen LogP) is 4.30. The van der Waals surface area contributed by atoms with Gasteiger partial charge < -0.3 is 4.57 Å². The number of amides is 1. The maximum atomic E-state index is 14.2. The van der Waals surface area contributed by atoms with Crippen LogP contribution in [0.4, 0.5) is 4.39 Å². The van der Waals surface area contributed by atoms with Crippen molar-refractivity contribution in [2.75, 3.05) is 0 Å². The highest BCUT2D eigenvalue weighted by molar-refractivity contribution is 7.16. The molecule has 23 heavy (non-hydrogen) atoms. The Morgan fingerprint density at radius 2 is 2.04 bits per heavy atom. The van der Waals surface area contributed by atoms with Crippen molar-refractivity contribution in [1.29, 1.82) is 0 Å². The van der Waals surface area contributed by atoms with Crippen LogP contribution in [0.15, 0.2) is 47.5 Å². The van der Waals surface area contributed by atoms with Crippen molar-refractivity contribution in [1.82, 2.24) is 4.57 Å². The van der Waals surface area contributed by atoms with E-state index in [1.165, 1.54) is 17.4 Å². The molecule has 2 aromatic carbocycles. The van der Waals surface area contributed by atoms with Crippen LogP contribution in [-0.2, 0) is 6.54 Å². The van der Waals surface area contributed by atoms with E-state index >= 15 is 0 Å². The molecule has 0 fully saturated rings. The first-order valence-corrected chi connectivity index (χ1v) is 8.35. The van der Waals surface area contributed by atoms with Crippen molar-refractivity contribution >= 4 is 27.5 Å². The van der Waals surface area contributed by atoms with Crippen LogP contribution in [0, 0.1) is 12.7 Å². The predicted molar refractivity (Wildman–Crippen MR) is 91.1 cm³/mol. The quantitative estimate of drug-likeness (QED) is 0.706. The van der Waals surface area contributed by atoms with Crippen molar-refractivity contribution in [3.05, 3.63) is 64.2 Å². The van der Waals surface area contributed by atoms with Crippen LogP contribution in [0.3, 0.4) is 0 Å². The highest BCUT2D eigenvalue weighted by atomic mass is 32.1. The van der Waals surface area contributed by atoms with Gasteiger partial charge in [-0.05, 0) is 37.6 Å². The van der Waals surface area contributed by atoms with Gasteiger partial charge in [-0.15, -0.1) is 0 Å². The van der Waals surface area contributed by atoms with Gasteiger partial charge in [-0.3, -0.25) is 4.79 Å². The van der Waals surface area contributed by atoms with Gasteiger partial charge >= 0.3 is 0 Å². The zero-order chi connectivity index (χ0) is 16.4. The third-order valence-electron chi connectivity index (χ3n) is 3.56. The Labute approximate surface area is 137 Å². The van der Waals surface area contributed by atoms with E-state index < -0.39 is 0 Å². The number of rotatable bonds is 3. The summed E-state index contributed by atoms with van der Waals surface area (Å²) in [5, 5.41) is 0. The lowest BCUT2D eigenvalue weighted by atomic mass is 10.1. The topological polar surface area (TPSA) is 34.4 Å². The lowest BCUT2D eigenvalue weighted by Crippen LogP contribution is -2.17. The second kappa shape index (κ2) is 6.46. The molecule has 0 spiro atoms. The van der Waals surface area contributed by atoms with Crippen LogP contribution in [-0.4, -0.2) is 10.5 Å². The number of halogens is 1. The van der Waals surface area contributed by atoms with E-state index in [0.29, 0.717) is 22.4 Å². The standard InChI is InChI=1S/C18H17FN2OS/c1-3-10-21-16-14(19)8-5-9-15(16)23-18(21)20-17(22)13-7-4-6-12(2)11-13/h4-9,11H,3,10H2,1-2H3. The Morgan fingerprint density at radius 1 is 1.26 bits per heavy atom. The Bertz CT molecular complexity index is 940. The number of para-hydroxylation sites is 1. The maximum absolute atomic E-state index is 14.2. The summed E-state index contributed by atoms with van der Waals surface area (Å²) in [7, 11) is 0. The van der Waals surface area contributed by atoms with Gasteiger partial charge in [0.1, 0.15) is 5.82 Å². The van der Waals surface area contributed by atoms with E-state index in [1.54, 1.807) is 16.7 Å². The van der Waals surface area contributed by atoms with Gasteiger partial charge in [-0.25, -0.2) is 4.39 Å². The molecule has 0 aliphatic heterocycles. The highest BCUT2D eigenvalue weighted by Crippen LogP contribution is 2.20. The summed E-state index contributed by atoms with van der Waals surface area (Å²) in [5.41, 5.74) is 2.08. The van der Waals surface area contributed by atoms with Gasteiger partial charge in [-0.2, -0.15) is 4.99 Å². The lowest BCUT2D eigenvalue weighted by molar-refractivity contribution is 0.0997. The second-order valence-electron chi connectivity index (χ2n) is 5.41. The Kier molecular flexibility index (Phi) is 4.39. The zero-order valence-corrected chi connectivity index (χ0v) is 13.9. The van der Waals surface area contributed by atoms with Gasteiger partial charge in [0.05, 0.1) is 10.2 Å². The molecule has 0 N–H and O–H groups in total. The third kappa shape index (κ3) is 3.10. The number of carbonyl (C=O) groups excluding carboxylic acids is 1. The van der Waals surface area contributed by atoms with Gasteiger partial charge in [0.15, 0.2) is 4.80 Å². The van der Waals surface area contributed by atoms with Crippen LogP contribution in [0.2, 0.25) is 0 Å². The smallest absolute Gasteiger partial charge is 0.279 e. The lowest BCUT2D eigenvalue weighted by Gasteiger charge is -2.03. The minimum absolute atomic E-state index is 0.281. The molecule has 0 bridgehead atoms. The van der Waals surface area contributed by atoms with Crippen molar-refractivity contribution in [3.8, 4) is 0 Å². The first kappa shape index (κ1) is 15.6. The van der Waals surface area contributed by atoms with Crippen molar-refractivity contribution in [3.63, 3.8) is 0 Å². The number of benzene rings is 2. The molecule has 0 atom stereocenters. The molecule has 0 aliphatic carbocycles. The number of thiazole rings is 1. The monoisotopic (exact) mass is 328 g/mol. The van der Waals surface area contributed by atoms with Gasteiger partial charge in [0.25, 0.3) is 5.91 Å². The minimum atomic E-state index is -0.300. The van der Waals surface area contributed by atoms with E-state index in [-0.39, 0.29) is 11.7 Å². The number of hydrogen-bond donors (Lipinski definition) is 0. The number of fused-ring (bicyclic) bond motifs is 1. The van der Waals surface area contributed by atoms with Crippen LogP contribution in [0.1, 0.15) is 29.3 Å². The molecular weight excluding hydrogens is 311 g/mol. The summed E-state index contributed by atoms with van der Waals surface area (Å²) in [6.07, 6.45) is 0.839. The molecule has 5 heteroatoms. The van der Waals surface area contributed by atoms with Crippen molar-refractivity contribution < 1.29 is 9.18 Å². The van der Waals surface area contributed by atoms with Crippen molar-refractivity contribution in [2.24, 2.45) is 4.99 Å².